The van der Waals surface area contributed by atoms with Crippen LogP contribution in [-0.2, 0) is 13.0 Å². The van der Waals surface area contributed by atoms with Crippen molar-refractivity contribution in [2.45, 2.75) is 25.9 Å². The lowest BCUT2D eigenvalue weighted by molar-refractivity contribution is 0.306. The van der Waals surface area contributed by atoms with Crippen LogP contribution in [0.1, 0.15) is 24.0 Å². The predicted octanol–water partition coefficient (Wildman–Crippen LogP) is 4.20. The van der Waals surface area contributed by atoms with Crippen LogP contribution in [0.25, 0.3) is 0 Å². The van der Waals surface area contributed by atoms with Gasteiger partial charge in [-0.1, -0.05) is 48.0 Å². The summed E-state index contributed by atoms with van der Waals surface area (Å²) in [6.45, 7) is 1.28. The molecule has 0 amide bonds. The summed E-state index contributed by atoms with van der Waals surface area (Å²) >= 11 is 6.26. The highest BCUT2D eigenvalue weighted by Gasteiger charge is 2.03. The molecule has 0 saturated carbocycles. The number of hydrogen-bond donors (Lipinski definition) is 1. The molecule has 3 heteroatoms. The average molecular weight is 290 g/mol. The molecule has 2 aromatic carbocycles. The van der Waals surface area contributed by atoms with Gasteiger partial charge in [0.25, 0.3) is 0 Å². The molecule has 2 N–H and O–H groups in total. The molecule has 2 rings (SSSR count). The summed E-state index contributed by atoms with van der Waals surface area (Å²) in [5.74, 6) is 0.734. The molecule has 0 aliphatic rings. The van der Waals surface area contributed by atoms with Gasteiger partial charge in [-0.3, -0.25) is 0 Å². The van der Waals surface area contributed by atoms with E-state index < -0.39 is 0 Å². The molecule has 0 aliphatic carbocycles. The van der Waals surface area contributed by atoms with E-state index in [0.29, 0.717) is 11.6 Å². The number of unbranched alkanes of at least 4 members (excludes halogenated alkanes) is 1. The third-order valence-corrected chi connectivity index (χ3v) is 3.45. The maximum absolute atomic E-state index is 6.26. The van der Waals surface area contributed by atoms with Crippen LogP contribution >= 0.6 is 11.6 Å². The zero-order valence-electron chi connectivity index (χ0n) is 11.5. The summed E-state index contributed by atoms with van der Waals surface area (Å²) in [7, 11) is 0. The van der Waals surface area contributed by atoms with E-state index in [2.05, 4.69) is 6.07 Å². The van der Waals surface area contributed by atoms with Crippen molar-refractivity contribution in [3.8, 4) is 5.75 Å². The molecule has 0 aliphatic heterocycles. The third kappa shape index (κ3) is 4.55. The summed E-state index contributed by atoms with van der Waals surface area (Å²) in [5, 5.41) is 0.672. The molecule has 0 saturated heterocycles. The number of rotatable bonds is 7. The molecular formula is C17H20ClNO. The van der Waals surface area contributed by atoms with Gasteiger partial charge in [-0.15, -0.1) is 0 Å². The van der Waals surface area contributed by atoms with Gasteiger partial charge in [0.1, 0.15) is 12.4 Å². The van der Waals surface area contributed by atoms with E-state index in [1.165, 1.54) is 5.56 Å². The smallest absolute Gasteiger partial charge is 0.138 e. The van der Waals surface area contributed by atoms with Gasteiger partial charge < -0.3 is 10.5 Å². The first-order chi connectivity index (χ1) is 9.79. The zero-order chi connectivity index (χ0) is 14.2. The van der Waals surface area contributed by atoms with Crippen LogP contribution in [0.2, 0.25) is 5.02 Å². The molecule has 0 atom stereocenters. The summed E-state index contributed by atoms with van der Waals surface area (Å²) in [5.41, 5.74) is 7.86. The van der Waals surface area contributed by atoms with Crippen LogP contribution in [0.15, 0.2) is 48.5 Å². The fourth-order valence-electron chi connectivity index (χ4n) is 2.03. The molecule has 0 unspecified atom stereocenters. The van der Waals surface area contributed by atoms with Crippen molar-refractivity contribution in [2.24, 2.45) is 5.73 Å². The maximum atomic E-state index is 6.26. The molecule has 2 aromatic rings. The van der Waals surface area contributed by atoms with Gasteiger partial charge in [0.05, 0.1) is 5.02 Å². The topological polar surface area (TPSA) is 35.2 Å². The van der Waals surface area contributed by atoms with E-state index >= 15 is 0 Å². The Balaban J connectivity index is 1.92. The molecule has 0 aromatic heterocycles. The summed E-state index contributed by atoms with van der Waals surface area (Å²) < 4.78 is 5.75. The lowest BCUT2D eigenvalue weighted by Gasteiger charge is -2.09. The van der Waals surface area contributed by atoms with Crippen molar-refractivity contribution < 1.29 is 4.74 Å². The lowest BCUT2D eigenvalue weighted by atomic mass is 10.1. The van der Waals surface area contributed by atoms with Gasteiger partial charge in [-0.2, -0.15) is 0 Å². The van der Waals surface area contributed by atoms with Crippen molar-refractivity contribution >= 4 is 11.6 Å². The number of benzene rings is 2. The number of hydrogen-bond acceptors (Lipinski definition) is 2. The Bertz CT molecular complexity index is 528. The molecule has 2 nitrogen and oxygen atoms in total. The summed E-state index contributed by atoms with van der Waals surface area (Å²) in [6, 6.07) is 16.1. The highest BCUT2D eigenvalue weighted by Crippen LogP contribution is 2.26. The van der Waals surface area contributed by atoms with E-state index in [4.69, 9.17) is 22.1 Å². The van der Waals surface area contributed by atoms with Crippen LogP contribution in [0.5, 0.6) is 5.75 Å². The standard InChI is InChI=1S/C17H20ClNO/c18-16-12-14(6-4-5-11-19)9-10-17(16)20-13-15-7-2-1-3-8-15/h1-3,7-10,12H,4-6,11,13,19H2. The van der Waals surface area contributed by atoms with Gasteiger partial charge in [0.15, 0.2) is 0 Å². The first kappa shape index (κ1) is 14.9. The number of aryl methyl sites for hydroxylation is 1. The molecule has 0 radical (unpaired) electrons. The number of halogens is 1. The first-order valence-corrected chi connectivity index (χ1v) is 7.32. The van der Waals surface area contributed by atoms with Crippen molar-refractivity contribution in [1.82, 2.24) is 0 Å². The molecule has 0 bridgehead atoms. The molecule has 0 spiro atoms. The van der Waals surface area contributed by atoms with Gasteiger partial charge in [-0.05, 0) is 49.1 Å². The quantitative estimate of drug-likeness (QED) is 0.775. The van der Waals surface area contributed by atoms with Gasteiger partial charge in [0.2, 0.25) is 0 Å². The van der Waals surface area contributed by atoms with Crippen molar-refractivity contribution in [2.75, 3.05) is 6.54 Å². The predicted molar refractivity (Wildman–Crippen MR) is 84.2 cm³/mol. The van der Waals surface area contributed by atoms with Crippen molar-refractivity contribution in [3.05, 3.63) is 64.7 Å². The summed E-state index contributed by atoms with van der Waals surface area (Å²) in [6.07, 6.45) is 3.15. The van der Waals surface area contributed by atoms with Crippen LogP contribution in [0, 0.1) is 0 Å². The monoisotopic (exact) mass is 289 g/mol. The van der Waals surface area contributed by atoms with Crippen LogP contribution in [-0.4, -0.2) is 6.54 Å². The number of nitrogens with two attached hydrogens (primary N) is 1. The Kier molecular flexibility index (Phi) is 5.90. The fourth-order valence-corrected chi connectivity index (χ4v) is 2.28. The first-order valence-electron chi connectivity index (χ1n) is 6.95. The minimum atomic E-state index is 0.535. The highest BCUT2D eigenvalue weighted by atomic mass is 35.5. The van der Waals surface area contributed by atoms with Crippen molar-refractivity contribution in [1.29, 1.82) is 0 Å². The van der Waals surface area contributed by atoms with Crippen LogP contribution in [0.3, 0.4) is 0 Å². The highest BCUT2D eigenvalue weighted by molar-refractivity contribution is 6.32. The second-order valence-corrected chi connectivity index (χ2v) is 5.19. The maximum Gasteiger partial charge on any atom is 0.138 e. The van der Waals surface area contributed by atoms with E-state index in [-0.39, 0.29) is 0 Å². The Morgan fingerprint density at radius 1 is 0.950 bits per heavy atom. The van der Waals surface area contributed by atoms with E-state index in [0.717, 1.165) is 37.1 Å². The second-order valence-electron chi connectivity index (χ2n) is 4.78. The zero-order valence-corrected chi connectivity index (χ0v) is 12.3. The minimum Gasteiger partial charge on any atom is -0.487 e. The third-order valence-electron chi connectivity index (χ3n) is 3.15. The largest absolute Gasteiger partial charge is 0.487 e. The van der Waals surface area contributed by atoms with Gasteiger partial charge in [-0.25, -0.2) is 0 Å². The normalized spacial score (nSPS) is 10.5. The van der Waals surface area contributed by atoms with Gasteiger partial charge >= 0.3 is 0 Å². The Hall–Kier alpha value is -1.51. The fraction of sp³-hybridized carbons (Fsp3) is 0.294. The van der Waals surface area contributed by atoms with Crippen molar-refractivity contribution in [3.63, 3.8) is 0 Å². The Morgan fingerprint density at radius 3 is 2.45 bits per heavy atom. The van der Waals surface area contributed by atoms with E-state index in [1.54, 1.807) is 0 Å². The van der Waals surface area contributed by atoms with Crippen LogP contribution < -0.4 is 10.5 Å². The number of ether oxygens (including phenoxy) is 1. The van der Waals surface area contributed by atoms with Crippen LogP contribution in [0.4, 0.5) is 0 Å². The minimum absolute atomic E-state index is 0.535. The van der Waals surface area contributed by atoms with E-state index in [9.17, 15) is 0 Å². The Morgan fingerprint density at radius 2 is 1.75 bits per heavy atom. The molecule has 0 heterocycles. The molecular weight excluding hydrogens is 270 g/mol. The molecule has 106 valence electrons. The summed E-state index contributed by atoms with van der Waals surface area (Å²) in [4.78, 5) is 0. The second kappa shape index (κ2) is 7.93. The van der Waals surface area contributed by atoms with Gasteiger partial charge in [0, 0.05) is 0 Å². The molecule has 0 fully saturated rings. The molecule has 20 heavy (non-hydrogen) atoms. The SMILES string of the molecule is NCCCCc1ccc(OCc2ccccc2)c(Cl)c1. The average Bonchev–Trinajstić information content (AvgIpc) is 2.48. The van der Waals surface area contributed by atoms with E-state index in [1.807, 2.05) is 42.5 Å². The Labute approximate surface area is 125 Å². The lowest BCUT2D eigenvalue weighted by Crippen LogP contribution is -1.99.